The first kappa shape index (κ1) is 27.3. The lowest BCUT2D eigenvalue weighted by Crippen LogP contribution is -2.14. The number of fused-ring (bicyclic) bond motifs is 1. The van der Waals surface area contributed by atoms with E-state index in [2.05, 4.69) is 87.3 Å². The van der Waals surface area contributed by atoms with Crippen LogP contribution >= 0.6 is 0 Å². The summed E-state index contributed by atoms with van der Waals surface area (Å²) in [6.45, 7) is 16.6. The molecule has 0 radical (unpaired) electrons. The minimum absolute atomic E-state index is 0.512. The average molecular weight is 436 g/mol. The van der Waals surface area contributed by atoms with Gasteiger partial charge in [0.25, 0.3) is 0 Å². The molecule has 0 saturated heterocycles. The van der Waals surface area contributed by atoms with Gasteiger partial charge in [-0.15, -0.1) is 0 Å². The molecular weight excluding hydrogens is 394 g/mol. The molecule has 1 N–H and O–H groups in total. The highest BCUT2D eigenvalue weighted by Gasteiger charge is 2.11. The Morgan fingerprint density at radius 1 is 0.844 bits per heavy atom. The van der Waals surface area contributed by atoms with Gasteiger partial charge in [-0.3, -0.25) is 0 Å². The number of rotatable bonds is 9. The molecule has 3 aromatic rings. The van der Waals surface area contributed by atoms with Crippen LogP contribution in [-0.4, -0.2) is 26.9 Å². The van der Waals surface area contributed by atoms with E-state index in [4.69, 9.17) is 9.47 Å². The number of hydrogen-bond acceptors (Lipinski definition) is 3. The van der Waals surface area contributed by atoms with Gasteiger partial charge in [0.1, 0.15) is 12.4 Å². The quantitative estimate of drug-likeness (QED) is 0.346. The van der Waals surface area contributed by atoms with E-state index in [9.17, 15) is 0 Å². The van der Waals surface area contributed by atoms with Crippen LogP contribution in [0.25, 0.3) is 27.6 Å². The Kier molecular flexibility index (Phi) is 13.6. The van der Waals surface area contributed by atoms with Crippen molar-refractivity contribution in [1.82, 2.24) is 5.32 Å². The topological polar surface area (TPSA) is 30.5 Å². The average Bonchev–Trinajstić information content (AvgIpc) is 2.84. The molecule has 0 amide bonds. The second-order valence-corrected chi connectivity index (χ2v) is 7.23. The standard InChI is InChI=1S/C24H27NO2.C3H8.C2H6/c1-4-12-25-18(2)23-16-22-15-20(19-8-6-5-7-9-19)10-11-21(22)17-24(23)27-14-13-26-3;1-3-2;1-2/h5-11,15-17,25H,2,4,12-14H2,1,3H3;3H2,1-2H3;1-2H3. The molecule has 32 heavy (non-hydrogen) atoms. The summed E-state index contributed by atoms with van der Waals surface area (Å²) < 4.78 is 11.1. The Morgan fingerprint density at radius 3 is 2.16 bits per heavy atom. The summed E-state index contributed by atoms with van der Waals surface area (Å²) in [5.74, 6) is 0.834. The summed E-state index contributed by atoms with van der Waals surface area (Å²) in [6.07, 6.45) is 2.30. The lowest BCUT2D eigenvalue weighted by Gasteiger charge is -2.16. The van der Waals surface area contributed by atoms with Gasteiger partial charge in [0.15, 0.2) is 0 Å². The maximum atomic E-state index is 5.98. The predicted molar refractivity (Wildman–Crippen MR) is 141 cm³/mol. The third-order valence-corrected chi connectivity index (χ3v) is 4.50. The summed E-state index contributed by atoms with van der Waals surface area (Å²) in [5, 5.41) is 5.70. The molecule has 0 atom stereocenters. The molecule has 174 valence electrons. The monoisotopic (exact) mass is 435 g/mol. The molecule has 3 rings (SSSR count). The molecule has 0 saturated carbocycles. The highest BCUT2D eigenvalue weighted by Crippen LogP contribution is 2.32. The van der Waals surface area contributed by atoms with Crippen molar-refractivity contribution in [2.75, 3.05) is 26.9 Å². The number of nitrogens with one attached hydrogen (secondary N) is 1. The molecule has 3 heteroatoms. The molecule has 0 aliphatic rings. The predicted octanol–water partition coefficient (Wildman–Crippen LogP) is 7.94. The van der Waals surface area contributed by atoms with E-state index in [-0.39, 0.29) is 0 Å². The third kappa shape index (κ3) is 8.39. The molecule has 0 unspecified atom stereocenters. The van der Waals surface area contributed by atoms with Crippen molar-refractivity contribution in [2.45, 2.75) is 47.5 Å². The fraction of sp³-hybridized carbons (Fsp3) is 0.379. The molecule has 0 spiro atoms. The van der Waals surface area contributed by atoms with Crippen LogP contribution in [0.4, 0.5) is 0 Å². The van der Waals surface area contributed by atoms with E-state index in [1.807, 2.05) is 19.9 Å². The number of hydrogen-bond donors (Lipinski definition) is 1. The van der Waals surface area contributed by atoms with E-state index >= 15 is 0 Å². The zero-order valence-electron chi connectivity index (χ0n) is 20.8. The second-order valence-electron chi connectivity index (χ2n) is 7.23. The lowest BCUT2D eigenvalue weighted by atomic mass is 9.98. The summed E-state index contributed by atoms with van der Waals surface area (Å²) in [4.78, 5) is 0. The molecule has 0 heterocycles. The van der Waals surface area contributed by atoms with Crippen molar-refractivity contribution in [3.63, 3.8) is 0 Å². The van der Waals surface area contributed by atoms with Crippen molar-refractivity contribution in [3.8, 4) is 16.9 Å². The van der Waals surface area contributed by atoms with Crippen LogP contribution in [0.15, 0.2) is 67.2 Å². The van der Waals surface area contributed by atoms with Crippen LogP contribution in [-0.2, 0) is 4.74 Å². The normalized spacial score (nSPS) is 9.81. The summed E-state index contributed by atoms with van der Waals surface area (Å²) in [7, 11) is 1.68. The van der Waals surface area contributed by atoms with Gasteiger partial charge in [0, 0.05) is 24.9 Å². The second kappa shape index (κ2) is 15.9. The molecule has 3 aromatic carbocycles. The highest BCUT2D eigenvalue weighted by atomic mass is 16.5. The van der Waals surface area contributed by atoms with Crippen LogP contribution in [0, 0.1) is 0 Å². The lowest BCUT2D eigenvalue weighted by molar-refractivity contribution is 0.146. The van der Waals surface area contributed by atoms with E-state index in [0.717, 1.165) is 35.4 Å². The van der Waals surface area contributed by atoms with Crippen LogP contribution in [0.3, 0.4) is 0 Å². The largest absolute Gasteiger partial charge is 0.490 e. The highest BCUT2D eigenvalue weighted by molar-refractivity contribution is 5.92. The van der Waals surface area contributed by atoms with E-state index in [0.29, 0.717) is 13.2 Å². The Balaban J connectivity index is 0.000000944. The van der Waals surface area contributed by atoms with Gasteiger partial charge >= 0.3 is 0 Å². The van der Waals surface area contributed by atoms with Gasteiger partial charge in [-0.25, -0.2) is 0 Å². The first-order valence-corrected chi connectivity index (χ1v) is 11.8. The van der Waals surface area contributed by atoms with Crippen molar-refractivity contribution >= 4 is 16.5 Å². The number of ether oxygens (including phenoxy) is 2. The molecule has 0 aliphatic heterocycles. The first-order chi connectivity index (χ1) is 15.6. The van der Waals surface area contributed by atoms with E-state index < -0.39 is 0 Å². The zero-order valence-corrected chi connectivity index (χ0v) is 20.8. The molecule has 0 aromatic heterocycles. The Bertz CT molecular complexity index is 919. The van der Waals surface area contributed by atoms with Gasteiger partial charge in [-0.1, -0.05) is 90.1 Å². The Labute approximate surface area is 195 Å². The molecule has 0 fully saturated rings. The van der Waals surface area contributed by atoms with Gasteiger partial charge in [-0.05, 0) is 46.5 Å². The third-order valence-electron chi connectivity index (χ3n) is 4.50. The van der Waals surface area contributed by atoms with E-state index in [1.165, 1.54) is 22.9 Å². The smallest absolute Gasteiger partial charge is 0.129 e. The van der Waals surface area contributed by atoms with Crippen molar-refractivity contribution in [3.05, 3.63) is 72.8 Å². The van der Waals surface area contributed by atoms with Gasteiger partial charge in [0.05, 0.1) is 6.61 Å². The molecular formula is C29H41NO2. The molecule has 0 bridgehead atoms. The van der Waals surface area contributed by atoms with Crippen LogP contribution in [0.5, 0.6) is 5.75 Å². The number of methoxy groups -OCH3 is 1. The minimum Gasteiger partial charge on any atom is -0.490 e. The number of benzene rings is 3. The van der Waals surface area contributed by atoms with Crippen molar-refractivity contribution in [1.29, 1.82) is 0 Å². The van der Waals surface area contributed by atoms with E-state index in [1.54, 1.807) is 7.11 Å². The molecule has 3 nitrogen and oxygen atoms in total. The van der Waals surface area contributed by atoms with Gasteiger partial charge in [0.2, 0.25) is 0 Å². The Morgan fingerprint density at radius 2 is 1.53 bits per heavy atom. The Hall–Kier alpha value is -2.78. The summed E-state index contributed by atoms with van der Waals surface area (Å²) >= 11 is 0. The summed E-state index contributed by atoms with van der Waals surface area (Å²) in [6, 6.07) is 21.2. The zero-order chi connectivity index (χ0) is 23.8. The minimum atomic E-state index is 0.512. The maximum absolute atomic E-state index is 5.98. The van der Waals surface area contributed by atoms with Crippen LogP contribution < -0.4 is 10.1 Å². The first-order valence-electron chi connectivity index (χ1n) is 11.8. The fourth-order valence-electron chi connectivity index (χ4n) is 3.05. The van der Waals surface area contributed by atoms with Gasteiger partial charge in [-0.2, -0.15) is 0 Å². The van der Waals surface area contributed by atoms with Crippen LogP contribution in [0.1, 0.15) is 53.0 Å². The van der Waals surface area contributed by atoms with Crippen molar-refractivity contribution < 1.29 is 9.47 Å². The van der Waals surface area contributed by atoms with Gasteiger partial charge < -0.3 is 14.8 Å². The van der Waals surface area contributed by atoms with Crippen LogP contribution in [0.2, 0.25) is 0 Å². The summed E-state index contributed by atoms with van der Waals surface area (Å²) in [5.41, 5.74) is 4.30. The fourth-order valence-corrected chi connectivity index (χ4v) is 3.05. The maximum Gasteiger partial charge on any atom is 0.129 e. The molecule has 0 aliphatic carbocycles. The van der Waals surface area contributed by atoms with Crippen molar-refractivity contribution in [2.24, 2.45) is 0 Å². The SMILES string of the molecule is C=C(NCCC)c1cc2cc(-c3ccccc3)ccc2cc1OCCOC.CC.CCC.